The van der Waals surface area contributed by atoms with Gasteiger partial charge in [0.05, 0.1) is 12.4 Å². The number of fused-ring (bicyclic) bond motifs is 1. The van der Waals surface area contributed by atoms with E-state index in [9.17, 15) is 0 Å². The topological polar surface area (TPSA) is 19.4 Å². The maximum Gasteiger partial charge on any atom is 0.158 e. The Labute approximate surface area is 114 Å². The molecular formula is C16H19N3. The maximum absolute atomic E-state index is 4.57. The van der Waals surface area contributed by atoms with Crippen molar-refractivity contribution < 1.29 is 0 Å². The lowest BCUT2D eigenvalue weighted by Gasteiger charge is -2.34. The molecule has 0 saturated carbocycles. The Morgan fingerprint density at radius 2 is 1.74 bits per heavy atom. The number of hydrogen-bond acceptors (Lipinski definition) is 3. The highest BCUT2D eigenvalue weighted by molar-refractivity contribution is 5.79. The quantitative estimate of drug-likeness (QED) is 0.770. The number of pyridine rings is 1. The van der Waals surface area contributed by atoms with E-state index >= 15 is 0 Å². The third-order valence-corrected chi connectivity index (χ3v) is 3.47. The van der Waals surface area contributed by atoms with Gasteiger partial charge >= 0.3 is 0 Å². The standard InChI is InChI=1S/C16H19N3/c1-16(2,3)19-12-18(13-8-5-4-6-9-13)15-14(19)10-7-11-17-15/h4-11H,12H2,1-3H3. The first kappa shape index (κ1) is 12.0. The van der Waals surface area contributed by atoms with Crippen molar-refractivity contribution in [2.75, 3.05) is 16.5 Å². The Bertz CT molecular complexity index is 572. The van der Waals surface area contributed by atoms with Gasteiger partial charge in [-0.2, -0.15) is 0 Å². The molecule has 3 nitrogen and oxygen atoms in total. The van der Waals surface area contributed by atoms with Crippen LogP contribution in [-0.4, -0.2) is 17.2 Å². The van der Waals surface area contributed by atoms with Gasteiger partial charge in [0, 0.05) is 17.4 Å². The maximum atomic E-state index is 4.57. The SMILES string of the molecule is CC(C)(C)N1CN(c2ccccc2)c2ncccc21. The molecule has 1 aliphatic rings. The summed E-state index contributed by atoms with van der Waals surface area (Å²) >= 11 is 0. The fourth-order valence-corrected chi connectivity index (χ4v) is 2.48. The normalized spacial score (nSPS) is 14.7. The van der Waals surface area contributed by atoms with Crippen LogP contribution in [0.1, 0.15) is 20.8 Å². The van der Waals surface area contributed by atoms with Gasteiger partial charge < -0.3 is 9.80 Å². The van der Waals surface area contributed by atoms with Crippen LogP contribution in [0.25, 0.3) is 0 Å². The molecule has 0 amide bonds. The van der Waals surface area contributed by atoms with Gasteiger partial charge in [-0.25, -0.2) is 4.98 Å². The van der Waals surface area contributed by atoms with Crippen LogP contribution in [0, 0.1) is 0 Å². The summed E-state index contributed by atoms with van der Waals surface area (Å²) in [4.78, 5) is 9.22. The van der Waals surface area contributed by atoms with Crippen LogP contribution < -0.4 is 9.80 Å². The van der Waals surface area contributed by atoms with E-state index in [2.05, 4.69) is 65.9 Å². The zero-order valence-electron chi connectivity index (χ0n) is 11.7. The molecule has 1 aromatic heterocycles. The zero-order valence-corrected chi connectivity index (χ0v) is 11.7. The van der Waals surface area contributed by atoms with Crippen LogP contribution in [-0.2, 0) is 0 Å². The Morgan fingerprint density at radius 1 is 1.00 bits per heavy atom. The molecule has 0 saturated heterocycles. The number of para-hydroxylation sites is 1. The van der Waals surface area contributed by atoms with Crippen LogP contribution in [0.5, 0.6) is 0 Å². The van der Waals surface area contributed by atoms with E-state index in [4.69, 9.17) is 0 Å². The summed E-state index contributed by atoms with van der Waals surface area (Å²) in [6.07, 6.45) is 1.86. The van der Waals surface area contributed by atoms with Gasteiger partial charge in [0.1, 0.15) is 0 Å². The van der Waals surface area contributed by atoms with E-state index < -0.39 is 0 Å². The van der Waals surface area contributed by atoms with Crippen LogP contribution in [0.3, 0.4) is 0 Å². The molecule has 0 spiro atoms. The molecule has 0 atom stereocenters. The van der Waals surface area contributed by atoms with E-state index in [0.717, 1.165) is 12.5 Å². The van der Waals surface area contributed by atoms with Crippen LogP contribution in [0.4, 0.5) is 17.2 Å². The van der Waals surface area contributed by atoms with Crippen molar-refractivity contribution >= 4 is 17.2 Å². The molecule has 1 aromatic carbocycles. The van der Waals surface area contributed by atoms with Crippen molar-refractivity contribution in [1.82, 2.24) is 4.98 Å². The van der Waals surface area contributed by atoms with Gasteiger partial charge in [0.2, 0.25) is 0 Å². The van der Waals surface area contributed by atoms with Crippen molar-refractivity contribution in [2.45, 2.75) is 26.3 Å². The van der Waals surface area contributed by atoms with Gasteiger partial charge in [0.25, 0.3) is 0 Å². The molecular weight excluding hydrogens is 234 g/mol. The minimum absolute atomic E-state index is 0.0846. The summed E-state index contributed by atoms with van der Waals surface area (Å²) < 4.78 is 0. The minimum atomic E-state index is 0.0846. The molecule has 0 N–H and O–H groups in total. The Balaban J connectivity index is 2.07. The summed E-state index contributed by atoms with van der Waals surface area (Å²) in [6.45, 7) is 7.55. The average molecular weight is 253 g/mol. The highest BCUT2D eigenvalue weighted by Crippen LogP contribution is 2.41. The molecule has 0 radical (unpaired) electrons. The molecule has 1 aliphatic heterocycles. The molecule has 19 heavy (non-hydrogen) atoms. The third-order valence-electron chi connectivity index (χ3n) is 3.47. The van der Waals surface area contributed by atoms with E-state index in [1.54, 1.807) is 0 Å². The van der Waals surface area contributed by atoms with Gasteiger partial charge in [0.15, 0.2) is 5.82 Å². The zero-order chi connectivity index (χ0) is 13.5. The van der Waals surface area contributed by atoms with E-state index in [1.807, 2.05) is 18.3 Å². The molecule has 0 unspecified atom stereocenters. The smallest absolute Gasteiger partial charge is 0.158 e. The minimum Gasteiger partial charge on any atom is -0.346 e. The third kappa shape index (κ3) is 2.05. The van der Waals surface area contributed by atoms with Crippen molar-refractivity contribution in [1.29, 1.82) is 0 Å². The summed E-state index contributed by atoms with van der Waals surface area (Å²) in [5, 5.41) is 0. The highest BCUT2D eigenvalue weighted by atomic mass is 15.4. The number of aromatic nitrogens is 1. The first-order valence-corrected chi connectivity index (χ1v) is 6.62. The monoisotopic (exact) mass is 253 g/mol. The second-order valence-corrected chi connectivity index (χ2v) is 5.85. The second-order valence-electron chi connectivity index (χ2n) is 5.85. The Hall–Kier alpha value is -2.03. The summed E-state index contributed by atoms with van der Waals surface area (Å²) in [6, 6.07) is 14.6. The first-order valence-electron chi connectivity index (χ1n) is 6.62. The summed E-state index contributed by atoms with van der Waals surface area (Å²) in [5.74, 6) is 1.05. The van der Waals surface area contributed by atoms with E-state index in [-0.39, 0.29) is 5.54 Å². The molecule has 0 fully saturated rings. The van der Waals surface area contributed by atoms with Gasteiger partial charge in [-0.1, -0.05) is 18.2 Å². The second kappa shape index (κ2) is 4.26. The molecule has 2 aromatic rings. The van der Waals surface area contributed by atoms with Gasteiger partial charge in [-0.3, -0.25) is 0 Å². The van der Waals surface area contributed by atoms with E-state index in [0.29, 0.717) is 0 Å². The molecule has 98 valence electrons. The lowest BCUT2D eigenvalue weighted by molar-refractivity contribution is 0.518. The molecule has 0 aliphatic carbocycles. The molecule has 2 heterocycles. The number of rotatable bonds is 1. The fraction of sp³-hybridized carbons (Fsp3) is 0.312. The fourth-order valence-electron chi connectivity index (χ4n) is 2.48. The highest BCUT2D eigenvalue weighted by Gasteiger charge is 2.34. The lowest BCUT2D eigenvalue weighted by atomic mass is 10.1. The van der Waals surface area contributed by atoms with Gasteiger partial charge in [-0.15, -0.1) is 0 Å². The molecule has 3 heteroatoms. The van der Waals surface area contributed by atoms with Crippen molar-refractivity contribution in [3.05, 3.63) is 48.7 Å². The average Bonchev–Trinajstić information content (AvgIpc) is 2.79. The largest absolute Gasteiger partial charge is 0.346 e. The lowest BCUT2D eigenvalue weighted by Crippen LogP contribution is -2.42. The predicted molar refractivity (Wildman–Crippen MR) is 79.9 cm³/mol. The number of nitrogens with zero attached hydrogens (tertiary/aromatic N) is 3. The number of hydrogen-bond donors (Lipinski definition) is 0. The summed E-state index contributed by atoms with van der Waals surface area (Å²) in [7, 11) is 0. The van der Waals surface area contributed by atoms with E-state index in [1.165, 1.54) is 11.4 Å². The molecule has 0 bridgehead atoms. The number of anilines is 3. The Morgan fingerprint density at radius 3 is 2.42 bits per heavy atom. The predicted octanol–water partition coefficient (Wildman–Crippen LogP) is 3.80. The van der Waals surface area contributed by atoms with Crippen LogP contribution >= 0.6 is 0 Å². The summed E-state index contributed by atoms with van der Waals surface area (Å²) in [5.41, 5.74) is 2.48. The van der Waals surface area contributed by atoms with Crippen LogP contribution in [0.15, 0.2) is 48.7 Å². The molecule has 3 rings (SSSR count). The van der Waals surface area contributed by atoms with Crippen molar-refractivity contribution in [2.24, 2.45) is 0 Å². The first-order chi connectivity index (χ1) is 9.07. The van der Waals surface area contributed by atoms with Crippen molar-refractivity contribution in [3.63, 3.8) is 0 Å². The number of benzene rings is 1. The van der Waals surface area contributed by atoms with Gasteiger partial charge in [-0.05, 0) is 45.0 Å². The van der Waals surface area contributed by atoms with Crippen molar-refractivity contribution in [3.8, 4) is 0 Å². The van der Waals surface area contributed by atoms with Crippen LogP contribution in [0.2, 0.25) is 0 Å². The Kier molecular flexibility index (Phi) is 2.70.